The Morgan fingerprint density at radius 3 is 1.97 bits per heavy atom. The molecule has 5 unspecified atom stereocenters. The van der Waals surface area contributed by atoms with Gasteiger partial charge >= 0.3 is 11.9 Å². The zero-order valence-corrected chi connectivity index (χ0v) is 19.0. The lowest BCUT2D eigenvalue weighted by Crippen LogP contribution is -2.57. The highest BCUT2D eigenvalue weighted by atomic mass is 16.4. The minimum absolute atomic E-state index is 0.0315. The van der Waals surface area contributed by atoms with Crippen LogP contribution >= 0.6 is 0 Å². The number of hydrogen-bond donors (Lipinski definition) is 8. The average Bonchev–Trinajstić information content (AvgIpc) is 2.72. The van der Waals surface area contributed by atoms with Crippen LogP contribution in [0.5, 0.6) is 0 Å². The van der Waals surface area contributed by atoms with E-state index < -0.39 is 60.2 Å². The second-order valence-electron chi connectivity index (χ2n) is 7.65. The fraction of sp³-hybridized carbons (Fsp3) is 0.684. The van der Waals surface area contributed by atoms with Gasteiger partial charge < -0.3 is 43.4 Å². The summed E-state index contributed by atoms with van der Waals surface area (Å²) in [7, 11) is 0. The number of guanidine groups is 1. The molecule has 33 heavy (non-hydrogen) atoms. The fourth-order valence-electron chi connectivity index (χ4n) is 2.60. The molecule has 0 aromatic rings. The molecule has 0 rings (SSSR count). The maximum Gasteiger partial charge on any atom is 0.326 e. The lowest BCUT2D eigenvalue weighted by Gasteiger charge is -2.24. The van der Waals surface area contributed by atoms with Gasteiger partial charge in [0.05, 0.1) is 12.5 Å². The molecule has 0 heterocycles. The zero-order chi connectivity index (χ0) is 25.7. The van der Waals surface area contributed by atoms with Gasteiger partial charge in [-0.15, -0.1) is 0 Å². The van der Waals surface area contributed by atoms with Crippen LogP contribution in [0.3, 0.4) is 0 Å². The van der Waals surface area contributed by atoms with E-state index in [2.05, 4.69) is 20.9 Å². The molecular formula is C19H35N7O7. The molecular weight excluding hydrogens is 438 g/mol. The first-order valence-electron chi connectivity index (χ1n) is 10.5. The van der Waals surface area contributed by atoms with E-state index in [1.807, 2.05) is 6.92 Å². The van der Waals surface area contributed by atoms with E-state index in [1.54, 1.807) is 6.92 Å². The summed E-state index contributed by atoms with van der Waals surface area (Å²) >= 11 is 0. The van der Waals surface area contributed by atoms with Crippen molar-refractivity contribution in [2.75, 3.05) is 6.54 Å². The number of aliphatic imine (C=N–C) groups is 1. The van der Waals surface area contributed by atoms with Crippen LogP contribution in [-0.2, 0) is 24.0 Å². The molecule has 0 saturated heterocycles. The van der Waals surface area contributed by atoms with Gasteiger partial charge in [0, 0.05) is 6.54 Å². The van der Waals surface area contributed by atoms with E-state index in [0.29, 0.717) is 6.42 Å². The number of carbonyl (C=O) groups excluding carboxylic acids is 3. The number of aliphatic carboxylic acids is 2. The van der Waals surface area contributed by atoms with E-state index in [-0.39, 0.29) is 31.3 Å². The standard InChI is InChI=1S/C19H35N7O7/c1-4-9(2)14(20)17(31)26-12(8-13(27)28)16(30)24-10(3)15(29)25-11(18(32)33)6-5-7-23-19(21)22/h9-12,14H,4-8,20H2,1-3H3,(H,24,30)(H,25,29)(H,26,31)(H,27,28)(H,32,33)(H4,21,22,23). The molecule has 14 nitrogen and oxygen atoms in total. The molecule has 0 fully saturated rings. The average molecular weight is 474 g/mol. The van der Waals surface area contributed by atoms with Gasteiger partial charge in [0.25, 0.3) is 0 Å². The lowest BCUT2D eigenvalue weighted by atomic mass is 9.99. The molecule has 188 valence electrons. The molecule has 11 N–H and O–H groups in total. The van der Waals surface area contributed by atoms with Gasteiger partial charge in [0.1, 0.15) is 18.1 Å². The predicted octanol–water partition coefficient (Wildman–Crippen LogP) is -2.55. The Kier molecular flexibility index (Phi) is 13.1. The molecule has 0 aliphatic rings. The third-order valence-corrected chi connectivity index (χ3v) is 4.88. The maximum atomic E-state index is 12.5. The van der Waals surface area contributed by atoms with Crippen molar-refractivity contribution in [1.82, 2.24) is 16.0 Å². The van der Waals surface area contributed by atoms with E-state index >= 15 is 0 Å². The Hall–Kier alpha value is -3.42. The van der Waals surface area contributed by atoms with Gasteiger partial charge in [-0.2, -0.15) is 0 Å². The highest BCUT2D eigenvalue weighted by molar-refractivity contribution is 5.95. The summed E-state index contributed by atoms with van der Waals surface area (Å²) in [5.41, 5.74) is 16.2. The third-order valence-electron chi connectivity index (χ3n) is 4.88. The van der Waals surface area contributed by atoms with Gasteiger partial charge in [-0.25, -0.2) is 4.79 Å². The first-order chi connectivity index (χ1) is 15.3. The number of hydrogen-bond acceptors (Lipinski definition) is 7. The second kappa shape index (κ2) is 14.6. The molecule has 0 aromatic heterocycles. The van der Waals surface area contributed by atoms with Crippen LogP contribution in [0.1, 0.15) is 46.5 Å². The predicted molar refractivity (Wildman–Crippen MR) is 119 cm³/mol. The minimum Gasteiger partial charge on any atom is -0.481 e. The molecule has 0 radical (unpaired) electrons. The monoisotopic (exact) mass is 473 g/mol. The van der Waals surface area contributed by atoms with Gasteiger partial charge in [0.2, 0.25) is 17.7 Å². The van der Waals surface area contributed by atoms with Crippen molar-refractivity contribution >= 4 is 35.6 Å². The second-order valence-corrected chi connectivity index (χ2v) is 7.65. The molecule has 5 atom stereocenters. The van der Waals surface area contributed by atoms with Crippen molar-refractivity contribution in [3.05, 3.63) is 0 Å². The Labute approximate surface area is 191 Å². The molecule has 0 bridgehead atoms. The van der Waals surface area contributed by atoms with Crippen molar-refractivity contribution in [2.45, 2.75) is 70.6 Å². The fourth-order valence-corrected chi connectivity index (χ4v) is 2.60. The summed E-state index contributed by atoms with van der Waals surface area (Å²) in [5, 5.41) is 25.2. The number of carboxylic acids is 2. The smallest absolute Gasteiger partial charge is 0.326 e. The van der Waals surface area contributed by atoms with E-state index in [0.717, 1.165) is 0 Å². The number of amides is 3. The number of carbonyl (C=O) groups is 5. The summed E-state index contributed by atoms with van der Waals surface area (Å²) < 4.78 is 0. The number of nitrogens with one attached hydrogen (secondary N) is 3. The normalized spacial score (nSPS) is 15.2. The van der Waals surface area contributed by atoms with E-state index in [9.17, 15) is 29.1 Å². The summed E-state index contributed by atoms with van der Waals surface area (Å²) in [6, 6.07) is -4.90. The van der Waals surface area contributed by atoms with Crippen molar-refractivity contribution < 1.29 is 34.2 Å². The van der Waals surface area contributed by atoms with Gasteiger partial charge in [0.15, 0.2) is 5.96 Å². The van der Waals surface area contributed by atoms with Crippen molar-refractivity contribution in [3.8, 4) is 0 Å². The summed E-state index contributed by atoms with van der Waals surface area (Å²) in [5.74, 6) is -5.43. The first kappa shape index (κ1) is 29.6. The van der Waals surface area contributed by atoms with Crippen LogP contribution in [0.25, 0.3) is 0 Å². The first-order valence-corrected chi connectivity index (χ1v) is 10.5. The number of rotatable bonds is 15. The lowest BCUT2D eigenvalue weighted by molar-refractivity contribution is -0.143. The molecule has 3 amide bonds. The number of nitrogens with two attached hydrogens (primary N) is 3. The minimum atomic E-state index is -1.48. The quantitative estimate of drug-likeness (QED) is 0.0701. The van der Waals surface area contributed by atoms with Crippen LogP contribution in [0.4, 0.5) is 0 Å². The number of carboxylic acid groups (broad SMARTS) is 2. The van der Waals surface area contributed by atoms with Crippen molar-refractivity contribution in [2.24, 2.45) is 28.1 Å². The molecule has 0 spiro atoms. The highest BCUT2D eigenvalue weighted by Crippen LogP contribution is 2.06. The topological polar surface area (TPSA) is 252 Å². The van der Waals surface area contributed by atoms with E-state index in [1.165, 1.54) is 6.92 Å². The maximum absolute atomic E-state index is 12.5. The summed E-state index contributed by atoms with van der Waals surface area (Å²) in [6.07, 6.45) is 0.169. The Morgan fingerprint density at radius 1 is 0.909 bits per heavy atom. The summed E-state index contributed by atoms with van der Waals surface area (Å²) in [6.45, 7) is 5.02. The molecule has 0 aromatic carbocycles. The van der Waals surface area contributed by atoms with Crippen LogP contribution in [0, 0.1) is 5.92 Å². The van der Waals surface area contributed by atoms with Crippen molar-refractivity contribution in [3.63, 3.8) is 0 Å². The van der Waals surface area contributed by atoms with Crippen LogP contribution in [-0.4, -0.2) is 76.5 Å². The Morgan fingerprint density at radius 2 is 1.48 bits per heavy atom. The zero-order valence-electron chi connectivity index (χ0n) is 19.0. The molecule has 0 aliphatic heterocycles. The van der Waals surface area contributed by atoms with Crippen LogP contribution in [0.2, 0.25) is 0 Å². The van der Waals surface area contributed by atoms with Gasteiger partial charge in [-0.3, -0.25) is 24.2 Å². The SMILES string of the molecule is CCC(C)C(N)C(=O)NC(CC(=O)O)C(=O)NC(C)C(=O)NC(CCCN=C(N)N)C(=O)O. The summed E-state index contributed by atoms with van der Waals surface area (Å²) in [4.78, 5) is 63.4. The van der Waals surface area contributed by atoms with Crippen molar-refractivity contribution in [1.29, 1.82) is 0 Å². The Bertz CT molecular complexity index is 740. The molecule has 14 heteroatoms. The van der Waals surface area contributed by atoms with Gasteiger partial charge in [-0.05, 0) is 25.7 Å². The van der Waals surface area contributed by atoms with Crippen LogP contribution in [0.15, 0.2) is 4.99 Å². The van der Waals surface area contributed by atoms with E-state index in [4.69, 9.17) is 22.3 Å². The molecule has 0 aliphatic carbocycles. The molecule has 0 saturated carbocycles. The largest absolute Gasteiger partial charge is 0.481 e. The third kappa shape index (κ3) is 11.7. The van der Waals surface area contributed by atoms with Crippen LogP contribution < -0.4 is 33.2 Å². The van der Waals surface area contributed by atoms with Gasteiger partial charge in [-0.1, -0.05) is 20.3 Å². The highest BCUT2D eigenvalue weighted by Gasteiger charge is 2.30. The number of nitrogens with zero attached hydrogens (tertiary/aromatic N) is 1. The Balaban J connectivity index is 5.07.